The summed E-state index contributed by atoms with van der Waals surface area (Å²) < 4.78 is 0. The number of benzene rings is 1. The molecule has 106 valence electrons. The third-order valence-electron chi connectivity index (χ3n) is 2.29. The fourth-order valence-electron chi connectivity index (χ4n) is 1.27. The minimum atomic E-state index is -0.663. The number of halogens is 1. The van der Waals surface area contributed by atoms with Gasteiger partial charge in [-0.2, -0.15) is 0 Å². The predicted molar refractivity (Wildman–Crippen MR) is 78.5 cm³/mol. The van der Waals surface area contributed by atoms with Gasteiger partial charge in [0.05, 0.1) is 6.21 Å². The molecule has 0 amide bonds. The molecule has 0 saturated heterocycles. The number of hydrogen-bond acceptors (Lipinski definition) is 4. The van der Waals surface area contributed by atoms with Crippen molar-refractivity contribution in [3.8, 4) is 0 Å². The lowest BCUT2D eigenvalue weighted by Crippen LogP contribution is -2.41. The highest BCUT2D eigenvalue weighted by Crippen LogP contribution is 2.10. The minimum Gasteiger partial charge on any atom is -0.391 e. The van der Waals surface area contributed by atoms with Crippen LogP contribution in [0.5, 0.6) is 0 Å². The van der Waals surface area contributed by atoms with Crippen molar-refractivity contribution >= 4 is 17.8 Å². The van der Waals surface area contributed by atoms with Gasteiger partial charge in [0.25, 0.3) is 0 Å². The average Bonchev–Trinajstić information content (AvgIpc) is 2.33. The molecule has 2 N–H and O–H groups in total. The van der Waals surface area contributed by atoms with Crippen molar-refractivity contribution in [1.82, 2.24) is 5.32 Å². The maximum absolute atomic E-state index is 9.64. The zero-order chi connectivity index (χ0) is 14.3. The van der Waals surface area contributed by atoms with Crippen LogP contribution in [0.3, 0.4) is 0 Å². The zero-order valence-corrected chi connectivity index (χ0v) is 12.3. The van der Waals surface area contributed by atoms with Crippen LogP contribution in [-0.2, 0) is 11.4 Å². The van der Waals surface area contributed by atoms with Gasteiger partial charge in [-0.3, -0.25) is 0 Å². The molecule has 19 heavy (non-hydrogen) atoms. The van der Waals surface area contributed by atoms with Gasteiger partial charge in [0.2, 0.25) is 0 Å². The van der Waals surface area contributed by atoms with E-state index >= 15 is 0 Å². The van der Waals surface area contributed by atoms with E-state index in [4.69, 9.17) is 16.4 Å². The van der Waals surface area contributed by atoms with Crippen LogP contribution in [0.15, 0.2) is 29.4 Å². The number of aliphatic hydroxyl groups is 1. The van der Waals surface area contributed by atoms with Gasteiger partial charge in [0, 0.05) is 17.1 Å². The van der Waals surface area contributed by atoms with Crippen molar-refractivity contribution in [3.05, 3.63) is 34.9 Å². The standard InChI is InChI=1S/C14H21ClN2O2/c1-14(2,3)16-8-13(18)9-17-19-10-11-4-6-12(15)7-5-11/h4-7,9,13,16,18H,8,10H2,1-3H3/b17-9-/t13-/m1/s1. The van der Waals surface area contributed by atoms with Gasteiger partial charge in [-0.15, -0.1) is 0 Å². The highest BCUT2D eigenvalue weighted by Gasteiger charge is 2.10. The second kappa shape index (κ2) is 7.48. The molecular formula is C14H21ClN2O2. The summed E-state index contributed by atoms with van der Waals surface area (Å²) >= 11 is 5.78. The lowest BCUT2D eigenvalue weighted by molar-refractivity contribution is 0.126. The van der Waals surface area contributed by atoms with Crippen LogP contribution in [0.2, 0.25) is 5.02 Å². The molecule has 0 spiro atoms. The Bertz CT molecular complexity index is 399. The first kappa shape index (κ1) is 16.0. The van der Waals surface area contributed by atoms with Crippen LogP contribution < -0.4 is 5.32 Å². The molecule has 0 radical (unpaired) electrons. The van der Waals surface area contributed by atoms with E-state index in [1.54, 1.807) is 12.1 Å². The first-order valence-electron chi connectivity index (χ1n) is 6.20. The lowest BCUT2D eigenvalue weighted by atomic mass is 10.1. The average molecular weight is 285 g/mol. The van der Waals surface area contributed by atoms with Gasteiger partial charge in [-0.25, -0.2) is 0 Å². The van der Waals surface area contributed by atoms with E-state index in [0.29, 0.717) is 18.2 Å². The van der Waals surface area contributed by atoms with Gasteiger partial charge in [0.15, 0.2) is 0 Å². The molecule has 0 aliphatic rings. The van der Waals surface area contributed by atoms with Gasteiger partial charge in [0.1, 0.15) is 12.7 Å². The van der Waals surface area contributed by atoms with E-state index < -0.39 is 6.10 Å². The van der Waals surface area contributed by atoms with E-state index in [9.17, 15) is 5.11 Å². The Morgan fingerprint density at radius 1 is 1.37 bits per heavy atom. The third-order valence-corrected chi connectivity index (χ3v) is 2.55. The maximum atomic E-state index is 9.64. The molecule has 1 atom stereocenters. The van der Waals surface area contributed by atoms with Crippen LogP contribution >= 0.6 is 11.6 Å². The van der Waals surface area contributed by atoms with Crippen LogP contribution in [0.25, 0.3) is 0 Å². The zero-order valence-electron chi connectivity index (χ0n) is 11.6. The van der Waals surface area contributed by atoms with Crippen LogP contribution in [0, 0.1) is 0 Å². The summed E-state index contributed by atoms with van der Waals surface area (Å²) in [4.78, 5) is 5.10. The van der Waals surface area contributed by atoms with E-state index in [2.05, 4.69) is 10.5 Å². The first-order chi connectivity index (χ1) is 8.87. The highest BCUT2D eigenvalue weighted by molar-refractivity contribution is 6.30. The summed E-state index contributed by atoms with van der Waals surface area (Å²) in [7, 11) is 0. The molecule has 0 heterocycles. The smallest absolute Gasteiger partial charge is 0.142 e. The number of nitrogens with one attached hydrogen (secondary N) is 1. The molecule has 1 aromatic rings. The normalized spacial score (nSPS) is 13.7. The molecule has 1 aromatic carbocycles. The van der Waals surface area contributed by atoms with Gasteiger partial charge < -0.3 is 15.3 Å². The van der Waals surface area contributed by atoms with Crippen LogP contribution in [0.4, 0.5) is 0 Å². The Kier molecular flexibility index (Phi) is 6.28. The Hall–Kier alpha value is -1.10. The Morgan fingerprint density at radius 2 is 2.00 bits per heavy atom. The molecule has 0 aliphatic carbocycles. The third kappa shape index (κ3) is 7.82. The van der Waals surface area contributed by atoms with Crippen molar-refractivity contribution in [2.24, 2.45) is 5.16 Å². The largest absolute Gasteiger partial charge is 0.391 e. The molecule has 1 rings (SSSR count). The molecule has 0 unspecified atom stereocenters. The SMILES string of the molecule is CC(C)(C)NC[C@@H](O)/C=N\OCc1ccc(Cl)cc1. The Balaban J connectivity index is 2.24. The second-order valence-electron chi connectivity index (χ2n) is 5.35. The minimum absolute atomic E-state index is 0.0288. The van der Waals surface area contributed by atoms with Crippen LogP contribution in [0.1, 0.15) is 26.3 Å². The summed E-state index contributed by atoms with van der Waals surface area (Å²) in [6.45, 7) is 6.90. The van der Waals surface area contributed by atoms with Gasteiger partial charge in [-0.1, -0.05) is 28.9 Å². The summed E-state index contributed by atoms with van der Waals surface area (Å²) in [5, 5.41) is 17.2. The maximum Gasteiger partial charge on any atom is 0.142 e. The molecule has 0 bridgehead atoms. The van der Waals surface area contributed by atoms with Gasteiger partial charge >= 0.3 is 0 Å². The Morgan fingerprint density at radius 3 is 2.58 bits per heavy atom. The fraction of sp³-hybridized carbons (Fsp3) is 0.500. The summed E-state index contributed by atoms with van der Waals surface area (Å²) in [6, 6.07) is 7.34. The summed E-state index contributed by atoms with van der Waals surface area (Å²) in [6.07, 6.45) is 0.721. The highest BCUT2D eigenvalue weighted by atomic mass is 35.5. The number of nitrogens with zero attached hydrogens (tertiary/aromatic N) is 1. The van der Waals surface area contributed by atoms with Crippen LogP contribution in [-0.4, -0.2) is 29.5 Å². The molecule has 0 aliphatic heterocycles. The lowest BCUT2D eigenvalue weighted by Gasteiger charge is -2.21. The summed E-state index contributed by atoms with van der Waals surface area (Å²) in [5.41, 5.74) is 0.947. The van der Waals surface area contributed by atoms with Crippen molar-refractivity contribution in [3.63, 3.8) is 0 Å². The molecule has 4 nitrogen and oxygen atoms in total. The van der Waals surface area contributed by atoms with E-state index in [1.165, 1.54) is 6.21 Å². The number of oxime groups is 1. The topological polar surface area (TPSA) is 53.8 Å². The molecule has 0 saturated carbocycles. The van der Waals surface area contributed by atoms with Gasteiger partial charge in [-0.05, 0) is 38.5 Å². The summed E-state index contributed by atoms with van der Waals surface area (Å²) in [5.74, 6) is 0. The van der Waals surface area contributed by atoms with Crippen molar-refractivity contribution in [2.45, 2.75) is 39.0 Å². The van der Waals surface area contributed by atoms with E-state index in [0.717, 1.165) is 5.56 Å². The number of hydrogen-bond donors (Lipinski definition) is 2. The molecule has 0 fully saturated rings. The van der Waals surface area contributed by atoms with Crippen molar-refractivity contribution < 1.29 is 9.94 Å². The first-order valence-corrected chi connectivity index (χ1v) is 6.57. The second-order valence-corrected chi connectivity index (χ2v) is 5.79. The molecular weight excluding hydrogens is 264 g/mol. The van der Waals surface area contributed by atoms with Crippen molar-refractivity contribution in [1.29, 1.82) is 0 Å². The number of β-amino-alcohol motifs (C(OH)–C–C–N with tert-alkyl or cyclic N) is 1. The quantitative estimate of drug-likeness (QED) is 0.624. The molecule has 0 aromatic heterocycles. The predicted octanol–water partition coefficient (Wildman–Crippen LogP) is 2.59. The molecule has 5 heteroatoms. The monoisotopic (exact) mass is 284 g/mol. The number of rotatable bonds is 6. The van der Waals surface area contributed by atoms with E-state index in [-0.39, 0.29) is 5.54 Å². The Labute approximate surface area is 119 Å². The fourth-order valence-corrected chi connectivity index (χ4v) is 1.40. The number of aliphatic hydroxyl groups excluding tert-OH is 1. The van der Waals surface area contributed by atoms with Crippen molar-refractivity contribution in [2.75, 3.05) is 6.54 Å². The van der Waals surface area contributed by atoms with E-state index in [1.807, 2.05) is 32.9 Å².